The highest BCUT2D eigenvalue weighted by molar-refractivity contribution is 6.13. The molecule has 0 N–H and O–H groups in total. The molecule has 3 aromatic rings. The Labute approximate surface area is 171 Å². The Morgan fingerprint density at radius 2 is 1.53 bits per heavy atom. The number of rotatable bonds is 6. The number of ether oxygens (including phenoxy) is 1. The molecular formula is C22H18F3N3O2. The summed E-state index contributed by atoms with van der Waals surface area (Å²) < 4.78 is 44.9. The number of aliphatic imine (C=N–C) groups is 1. The highest BCUT2D eigenvalue weighted by atomic mass is 19.4. The minimum Gasteiger partial charge on any atom is -0.466 e. The first-order chi connectivity index (χ1) is 14.4. The van der Waals surface area contributed by atoms with Crippen LogP contribution in [0.3, 0.4) is 0 Å². The Morgan fingerprint density at radius 3 is 2.03 bits per heavy atom. The van der Waals surface area contributed by atoms with Gasteiger partial charge in [0.1, 0.15) is 5.69 Å². The average molecular weight is 413 g/mol. The molecule has 3 rings (SSSR count). The van der Waals surface area contributed by atoms with Crippen LogP contribution >= 0.6 is 0 Å². The third-order valence-electron chi connectivity index (χ3n) is 3.99. The minimum absolute atomic E-state index is 0.116. The fourth-order valence-corrected chi connectivity index (χ4v) is 2.72. The predicted molar refractivity (Wildman–Crippen MR) is 106 cm³/mol. The molecule has 0 fully saturated rings. The summed E-state index contributed by atoms with van der Waals surface area (Å²) in [4.78, 5) is 23.7. The van der Waals surface area contributed by atoms with E-state index < -0.39 is 24.3 Å². The Bertz CT molecular complexity index is 995. The van der Waals surface area contributed by atoms with Gasteiger partial charge in [0.15, 0.2) is 0 Å². The highest BCUT2D eigenvalue weighted by Gasteiger charge is 2.34. The van der Waals surface area contributed by atoms with Gasteiger partial charge in [0, 0.05) is 11.1 Å². The van der Waals surface area contributed by atoms with Crippen LogP contribution in [0.15, 0.2) is 71.7 Å². The van der Waals surface area contributed by atoms with Crippen molar-refractivity contribution in [2.45, 2.75) is 19.5 Å². The standard InChI is InChI=1S/C22H18F3N3O2/c1-2-30-19(29)14-17-13-18(22(23,24)25)27-21(26-17)28-20(15-9-5-3-6-10-15)16-11-7-4-8-12-16/h3-13H,2,14H2,1H3. The average Bonchev–Trinajstić information content (AvgIpc) is 2.72. The molecule has 154 valence electrons. The molecule has 0 atom stereocenters. The molecule has 8 heteroatoms. The van der Waals surface area contributed by atoms with Gasteiger partial charge in [-0.1, -0.05) is 60.7 Å². The van der Waals surface area contributed by atoms with Gasteiger partial charge in [0.2, 0.25) is 0 Å². The van der Waals surface area contributed by atoms with E-state index in [1.54, 1.807) is 55.5 Å². The Kier molecular flexibility index (Phi) is 6.56. The Hall–Kier alpha value is -3.55. The van der Waals surface area contributed by atoms with Crippen LogP contribution in [0.4, 0.5) is 19.1 Å². The molecule has 30 heavy (non-hydrogen) atoms. The van der Waals surface area contributed by atoms with Crippen molar-refractivity contribution >= 4 is 17.6 Å². The SMILES string of the molecule is CCOC(=O)Cc1cc(C(F)(F)F)nc(N=C(c2ccccc2)c2ccccc2)n1. The van der Waals surface area contributed by atoms with Gasteiger partial charge in [-0.25, -0.2) is 15.0 Å². The summed E-state index contributed by atoms with van der Waals surface area (Å²) in [6.45, 7) is 1.73. The Balaban J connectivity index is 2.12. The van der Waals surface area contributed by atoms with E-state index in [-0.39, 0.29) is 18.2 Å². The lowest BCUT2D eigenvalue weighted by Gasteiger charge is -2.11. The number of hydrogen-bond acceptors (Lipinski definition) is 5. The summed E-state index contributed by atoms with van der Waals surface area (Å²) in [6.07, 6.45) is -5.12. The van der Waals surface area contributed by atoms with Gasteiger partial charge >= 0.3 is 12.1 Å². The number of hydrogen-bond donors (Lipinski definition) is 0. The molecule has 0 aliphatic carbocycles. The van der Waals surface area contributed by atoms with Gasteiger partial charge in [-0.05, 0) is 13.0 Å². The van der Waals surface area contributed by atoms with Crippen molar-refractivity contribution in [3.05, 3.63) is 89.2 Å². The molecule has 2 aromatic carbocycles. The van der Waals surface area contributed by atoms with Crippen molar-refractivity contribution in [3.63, 3.8) is 0 Å². The van der Waals surface area contributed by atoms with Crippen LogP contribution in [0.5, 0.6) is 0 Å². The second-order valence-electron chi connectivity index (χ2n) is 6.22. The molecule has 0 saturated carbocycles. The summed E-state index contributed by atoms with van der Waals surface area (Å²) >= 11 is 0. The van der Waals surface area contributed by atoms with Crippen LogP contribution in [0, 0.1) is 0 Å². The van der Waals surface area contributed by atoms with E-state index in [2.05, 4.69) is 15.0 Å². The number of benzene rings is 2. The fraction of sp³-hybridized carbons (Fsp3) is 0.182. The number of nitrogens with zero attached hydrogens (tertiary/aromatic N) is 3. The van der Waals surface area contributed by atoms with Crippen LogP contribution in [-0.4, -0.2) is 28.3 Å². The third kappa shape index (κ3) is 5.50. The molecular weight excluding hydrogens is 395 g/mol. The van der Waals surface area contributed by atoms with Crippen LogP contribution in [0.1, 0.15) is 29.4 Å². The van der Waals surface area contributed by atoms with E-state index in [1.165, 1.54) is 0 Å². The fourth-order valence-electron chi connectivity index (χ4n) is 2.72. The van der Waals surface area contributed by atoms with E-state index in [9.17, 15) is 18.0 Å². The second-order valence-corrected chi connectivity index (χ2v) is 6.22. The molecule has 5 nitrogen and oxygen atoms in total. The number of carbonyl (C=O) groups is 1. The largest absolute Gasteiger partial charge is 0.466 e. The Morgan fingerprint density at radius 1 is 0.967 bits per heavy atom. The highest BCUT2D eigenvalue weighted by Crippen LogP contribution is 2.29. The minimum atomic E-state index is -4.71. The van der Waals surface area contributed by atoms with Crippen molar-refractivity contribution in [2.75, 3.05) is 6.61 Å². The number of carbonyl (C=O) groups excluding carboxylic acids is 1. The number of halogens is 3. The maximum absolute atomic E-state index is 13.4. The quantitative estimate of drug-likeness (QED) is 0.431. The lowest BCUT2D eigenvalue weighted by molar-refractivity contribution is -0.143. The van der Waals surface area contributed by atoms with Crippen LogP contribution in [0.2, 0.25) is 0 Å². The van der Waals surface area contributed by atoms with E-state index in [1.807, 2.05) is 12.1 Å². The summed E-state index contributed by atoms with van der Waals surface area (Å²) in [5.41, 5.74) is 0.511. The molecule has 0 aliphatic rings. The summed E-state index contributed by atoms with van der Waals surface area (Å²) in [7, 11) is 0. The maximum atomic E-state index is 13.4. The number of alkyl halides is 3. The van der Waals surface area contributed by atoms with E-state index in [0.29, 0.717) is 16.8 Å². The zero-order chi connectivity index (χ0) is 21.6. The van der Waals surface area contributed by atoms with Gasteiger partial charge in [-0.15, -0.1) is 0 Å². The molecule has 1 aromatic heterocycles. The van der Waals surface area contributed by atoms with Crippen molar-refractivity contribution in [1.29, 1.82) is 0 Å². The van der Waals surface area contributed by atoms with Gasteiger partial charge in [-0.2, -0.15) is 13.2 Å². The molecule has 1 heterocycles. The smallest absolute Gasteiger partial charge is 0.433 e. The molecule has 0 aliphatic heterocycles. The van der Waals surface area contributed by atoms with Crippen LogP contribution in [0.25, 0.3) is 0 Å². The van der Waals surface area contributed by atoms with E-state index in [4.69, 9.17) is 4.74 Å². The van der Waals surface area contributed by atoms with Crippen LogP contribution < -0.4 is 0 Å². The normalized spacial score (nSPS) is 11.1. The molecule has 0 radical (unpaired) electrons. The van der Waals surface area contributed by atoms with Gasteiger partial charge in [0.05, 0.1) is 24.4 Å². The second kappa shape index (κ2) is 9.30. The summed E-state index contributed by atoms with van der Waals surface area (Å²) in [5, 5.41) is 0. The lowest BCUT2D eigenvalue weighted by atomic mass is 10.0. The number of aromatic nitrogens is 2. The zero-order valence-corrected chi connectivity index (χ0v) is 16.1. The molecule has 0 amide bonds. The lowest BCUT2D eigenvalue weighted by Crippen LogP contribution is -2.14. The maximum Gasteiger partial charge on any atom is 0.433 e. The number of esters is 1. The van der Waals surface area contributed by atoms with Crippen LogP contribution in [-0.2, 0) is 22.1 Å². The van der Waals surface area contributed by atoms with Gasteiger partial charge in [0.25, 0.3) is 5.95 Å². The van der Waals surface area contributed by atoms with Crippen molar-refractivity contribution in [2.24, 2.45) is 4.99 Å². The first-order valence-electron chi connectivity index (χ1n) is 9.17. The van der Waals surface area contributed by atoms with Crippen molar-refractivity contribution in [3.8, 4) is 0 Å². The third-order valence-corrected chi connectivity index (χ3v) is 3.99. The monoisotopic (exact) mass is 413 g/mol. The topological polar surface area (TPSA) is 64.4 Å². The van der Waals surface area contributed by atoms with Crippen molar-refractivity contribution in [1.82, 2.24) is 9.97 Å². The van der Waals surface area contributed by atoms with E-state index >= 15 is 0 Å². The zero-order valence-electron chi connectivity index (χ0n) is 16.1. The molecule has 0 spiro atoms. The first-order valence-corrected chi connectivity index (χ1v) is 9.17. The predicted octanol–water partition coefficient (Wildman–Crippen LogP) is 4.77. The summed E-state index contributed by atoms with van der Waals surface area (Å²) in [6, 6.07) is 18.7. The van der Waals surface area contributed by atoms with Gasteiger partial charge < -0.3 is 4.74 Å². The van der Waals surface area contributed by atoms with E-state index in [0.717, 1.165) is 6.07 Å². The molecule has 0 saturated heterocycles. The molecule has 0 unspecified atom stereocenters. The van der Waals surface area contributed by atoms with Gasteiger partial charge in [-0.3, -0.25) is 4.79 Å². The first kappa shape index (κ1) is 21.2. The summed E-state index contributed by atoms with van der Waals surface area (Å²) in [5.74, 6) is -1.06. The van der Waals surface area contributed by atoms with Crippen molar-refractivity contribution < 1.29 is 22.7 Å². The molecule has 0 bridgehead atoms.